The topological polar surface area (TPSA) is 87.3 Å². The van der Waals surface area contributed by atoms with Gasteiger partial charge in [-0.3, -0.25) is 10.1 Å². The second-order valence-electron chi connectivity index (χ2n) is 5.34. The van der Waals surface area contributed by atoms with Gasteiger partial charge in [0.15, 0.2) is 5.11 Å². The first-order chi connectivity index (χ1) is 12.3. The highest BCUT2D eigenvalue weighted by molar-refractivity contribution is 7.89. The molecule has 0 bridgehead atoms. The molecule has 2 aromatic rings. The molecule has 1 amide bonds. The van der Waals surface area contributed by atoms with Crippen molar-refractivity contribution in [3.63, 3.8) is 0 Å². The van der Waals surface area contributed by atoms with Gasteiger partial charge >= 0.3 is 0 Å². The quantitative estimate of drug-likeness (QED) is 0.655. The van der Waals surface area contributed by atoms with Gasteiger partial charge < -0.3 is 5.32 Å². The summed E-state index contributed by atoms with van der Waals surface area (Å²) in [5.74, 6) is -0.920. The maximum Gasteiger partial charge on any atom is 0.257 e. The van der Waals surface area contributed by atoms with Gasteiger partial charge in [-0.15, -0.1) is 0 Å². The molecule has 0 saturated heterocycles. The van der Waals surface area contributed by atoms with E-state index in [1.807, 2.05) is 6.92 Å². The van der Waals surface area contributed by atoms with Gasteiger partial charge in [-0.1, -0.05) is 6.92 Å². The Morgan fingerprint density at radius 2 is 1.69 bits per heavy atom. The first-order valence-corrected chi connectivity index (χ1v) is 9.68. The van der Waals surface area contributed by atoms with E-state index in [0.29, 0.717) is 18.7 Å². The van der Waals surface area contributed by atoms with Crippen molar-refractivity contribution in [1.82, 2.24) is 10.0 Å². The zero-order valence-corrected chi connectivity index (χ0v) is 15.6. The fourth-order valence-electron chi connectivity index (χ4n) is 1.98. The van der Waals surface area contributed by atoms with Crippen molar-refractivity contribution < 1.29 is 17.6 Å². The van der Waals surface area contributed by atoms with Crippen LogP contribution in [-0.4, -0.2) is 26.0 Å². The number of amides is 1. The third-order valence-corrected chi connectivity index (χ3v) is 4.98. The van der Waals surface area contributed by atoms with Gasteiger partial charge in [0.2, 0.25) is 10.0 Å². The largest absolute Gasteiger partial charge is 0.332 e. The summed E-state index contributed by atoms with van der Waals surface area (Å²) < 4.78 is 39.4. The Bertz CT molecular complexity index is 882. The van der Waals surface area contributed by atoms with Crippen molar-refractivity contribution in [2.24, 2.45) is 0 Å². The summed E-state index contributed by atoms with van der Waals surface area (Å²) in [7, 11) is -3.54. The fourth-order valence-corrected chi connectivity index (χ4v) is 3.32. The Morgan fingerprint density at radius 1 is 1.08 bits per heavy atom. The zero-order chi connectivity index (χ0) is 19.2. The van der Waals surface area contributed by atoms with Crippen LogP contribution in [-0.2, 0) is 10.0 Å². The fraction of sp³-hybridized carbons (Fsp3) is 0.176. The van der Waals surface area contributed by atoms with Crippen LogP contribution in [0.25, 0.3) is 0 Å². The van der Waals surface area contributed by atoms with Crippen LogP contribution >= 0.6 is 12.2 Å². The molecular formula is C17H18FN3O3S2. The molecule has 0 aliphatic rings. The molecule has 0 fully saturated rings. The Morgan fingerprint density at radius 3 is 2.27 bits per heavy atom. The first-order valence-electron chi connectivity index (χ1n) is 7.79. The van der Waals surface area contributed by atoms with E-state index in [9.17, 15) is 17.6 Å². The molecule has 9 heteroatoms. The number of halogens is 1. The highest BCUT2D eigenvalue weighted by Crippen LogP contribution is 2.14. The minimum atomic E-state index is -3.54. The van der Waals surface area contributed by atoms with E-state index in [0.717, 1.165) is 0 Å². The minimum absolute atomic E-state index is 0.0408. The molecule has 6 nitrogen and oxygen atoms in total. The van der Waals surface area contributed by atoms with Gasteiger partial charge in [0.05, 0.1) is 4.90 Å². The molecular weight excluding hydrogens is 377 g/mol. The van der Waals surface area contributed by atoms with Crippen molar-refractivity contribution in [3.05, 3.63) is 59.9 Å². The molecule has 0 spiro atoms. The molecule has 0 aliphatic heterocycles. The Balaban J connectivity index is 1.97. The van der Waals surface area contributed by atoms with Gasteiger partial charge in [-0.05, 0) is 67.2 Å². The number of carbonyl (C=O) groups is 1. The van der Waals surface area contributed by atoms with Gasteiger partial charge in [0.25, 0.3) is 5.91 Å². The molecule has 138 valence electrons. The maximum absolute atomic E-state index is 12.9. The number of carbonyl (C=O) groups excluding carboxylic acids is 1. The van der Waals surface area contributed by atoms with E-state index in [-0.39, 0.29) is 15.6 Å². The lowest BCUT2D eigenvalue weighted by molar-refractivity contribution is 0.0977. The number of thiocarbonyl (C=S) groups is 1. The SMILES string of the molecule is CCCNS(=O)(=O)c1ccc(NC(=S)NC(=O)c2ccc(F)cc2)cc1. The summed E-state index contributed by atoms with van der Waals surface area (Å²) in [5.41, 5.74) is 0.780. The normalized spacial score (nSPS) is 11.0. The molecule has 3 N–H and O–H groups in total. The monoisotopic (exact) mass is 395 g/mol. The van der Waals surface area contributed by atoms with Crippen LogP contribution in [0.2, 0.25) is 0 Å². The second kappa shape index (κ2) is 8.84. The Kier molecular flexibility index (Phi) is 6.78. The lowest BCUT2D eigenvalue weighted by Gasteiger charge is -2.11. The van der Waals surface area contributed by atoms with Crippen LogP contribution < -0.4 is 15.4 Å². The average molecular weight is 395 g/mol. The predicted molar refractivity (Wildman–Crippen MR) is 102 cm³/mol. The number of hydrogen-bond donors (Lipinski definition) is 3. The van der Waals surface area contributed by atoms with Crippen molar-refractivity contribution in [1.29, 1.82) is 0 Å². The highest BCUT2D eigenvalue weighted by Gasteiger charge is 2.13. The highest BCUT2D eigenvalue weighted by atomic mass is 32.2. The molecule has 0 atom stereocenters. The number of rotatable bonds is 6. The van der Waals surface area contributed by atoms with E-state index >= 15 is 0 Å². The third kappa shape index (κ3) is 5.58. The van der Waals surface area contributed by atoms with E-state index in [1.165, 1.54) is 48.5 Å². The summed E-state index contributed by atoms with van der Waals surface area (Å²) in [6, 6.07) is 11.0. The Hall–Kier alpha value is -2.36. The van der Waals surface area contributed by atoms with E-state index in [4.69, 9.17) is 12.2 Å². The smallest absolute Gasteiger partial charge is 0.257 e. The van der Waals surface area contributed by atoms with Crippen LogP contribution in [0.5, 0.6) is 0 Å². The molecule has 0 saturated carbocycles. The van der Waals surface area contributed by atoms with E-state index in [2.05, 4.69) is 15.4 Å². The van der Waals surface area contributed by atoms with Crippen molar-refractivity contribution in [2.45, 2.75) is 18.2 Å². The summed E-state index contributed by atoms with van der Waals surface area (Å²) >= 11 is 5.05. The number of nitrogens with one attached hydrogen (secondary N) is 3. The van der Waals surface area contributed by atoms with Crippen LogP contribution in [0.4, 0.5) is 10.1 Å². The van der Waals surface area contributed by atoms with Crippen molar-refractivity contribution in [2.75, 3.05) is 11.9 Å². The second-order valence-corrected chi connectivity index (χ2v) is 7.51. The number of sulfonamides is 1. The standard InChI is InChI=1S/C17H18FN3O3S2/c1-2-11-19-26(23,24)15-9-7-14(8-10-15)20-17(25)21-16(22)12-3-5-13(18)6-4-12/h3-10,19H,2,11H2,1H3,(H2,20,21,22,25). The van der Waals surface area contributed by atoms with Gasteiger partial charge in [-0.25, -0.2) is 17.5 Å². The molecule has 2 aromatic carbocycles. The van der Waals surface area contributed by atoms with Gasteiger partial charge in [0.1, 0.15) is 5.82 Å². The molecule has 26 heavy (non-hydrogen) atoms. The number of anilines is 1. The van der Waals surface area contributed by atoms with Crippen LogP contribution in [0, 0.1) is 5.82 Å². The minimum Gasteiger partial charge on any atom is -0.332 e. The number of hydrogen-bond acceptors (Lipinski definition) is 4. The molecule has 0 aromatic heterocycles. The predicted octanol–water partition coefficient (Wildman–Crippen LogP) is 2.64. The maximum atomic E-state index is 12.9. The summed E-state index contributed by atoms with van der Waals surface area (Å²) in [6.07, 6.45) is 0.695. The summed E-state index contributed by atoms with van der Waals surface area (Å²) in [6.45, 7) is 2.23. The van der Waals surface area contributed by atoms with E-state index < -0.39 is 21.7 Å². The Labute approximate surface area is 156 Å². The molecule has 0 unspecified atom stereocenters. The molecule has 0 heterocycles. The van der Waals surface area contributed by atoms with Crippen LogP contribution in [0.15, 0.2) is 53.4 Å². The van der Waals surface area contributed by atoms with Crippen LogP contribution in [0.1, 0.15) is 23.7 Å². The molecule has 2 rings (SSSR count). The third-order valence-electron chi connectivity index (χ3n) is 3.30. The van der Waals surface area contributed by atoms with Crippen LogP contribution in [0.3, 0.4) is 0 Å². The van der Waals surface area contributed by atoms with E-state index in [1.54, 1.807) is 0 Å². The lowest BCUT2D eigenvalue weighted by Crippen LogP contribution is -2.34. The van der Waals surface area contributed by atoms with Gasteiger partial charge in [-0.2, -0.15) is 0 Å². The van der Waals surface area contributed by atoms with Crippen molar-refractivity contribution >= 4 is 38.9 Å². The average Bonchev–Trinajstić information content (AvgIpc) is 2.61. The lowest BCUT2D eigenvalue weighted by atomic mass is 10.2. The molecule has 0 aliphatic carbocycles. The zero-order valence-electron chi connectivity index (χ0n) is 14.0. The first kappa shape index (κ1) is 20.0. The van der Waals surface area contributed by atoms with Gasteiger partial charge in [0, 0.05) is 17.8 Å². The molecule has 0 radical (unpaired) electrons. The van der Waals surface area contributed by atoms with Crippen molar-refractivity contribution in [3.8, 4) is 0 Å². The number of benzene rings is 2. The summed E-state index contributed by atoms with van der Waals surface area (Å²) in [5, 5.41) is 5.29. The summed E-state index contributed by atoms with van der Waals surface area (Å²) in [4.78, 5) is 12.1.